The lowest BCUT2D eigenvalue weighted by molar-refractivity contribution is 0.0338. The van der Waals surface area contributed by atoms with E-state index in [1.165, 1.54) is 4.88 Å². The van der Waals surface area contributed by atoms with E-state index in [1.807, 2.05) is 24.8 Å². The largest absolute Gasteiger partial charge is 0.396 e. The monoisotopic (exact) mass is 281 g/mol. The van der Waals surface area contributed by atoms with E-state index in [1.54, 1.807) is 11.3 Å². The van der Waals surface area contributed by atoms with Gasteiger partial charge in [0.25, 0.3) is 5.91 Å². The van der Waals surface area contributed by atoms with Gasteiger partial charge in [-0.05, 0) is 44.6 Å². The maximum absolute atomic E-state index is 12.5. The van der Waals surface area contributed by atoms with Crippen LogP contribution in [0.4, 0.5) is 0 Å². The summed E-state index contributed by atoms with van der Waals surface area (Å²) in [6.45, 7) is 7.95. The summed E-state index contributed by atoms with van der Waals surface area (Å²) in [5, 5.41) is 9.53. The number of hydrogen-bond donors (Lipinski definition) is 1. The highest BCUT2D eigenvalue weighted by atomic mass is 32.1. The Morgan fingerprint density at radius 2 is 2.05 bits per heavy atom. The lowest BCUT2D eigenvalue weighted by atomic mass is 9.77. The first-order valence-electron chi connectivity index (χ1n) is 6.98. The number of amides is 1. The summed E-state index contributed by atoms with van der Waals surface area (Å²) in [4.78, 5) is 16.7. The van der Waals surface area contributed by atoms with Crippen molar-refractivity contribution in [3.8, 4) is 0 Å². The lowest BCUT2D eigenvalue weighted by Crippen LogP contribution is -2.44. The van der Waals surface area contributed by atoms with Crippen molar-refractivity contribution < 1.29 is 9.90 Å². The lowest BCUT2D eigenvalue weighted by Gasteiger charge is -2.40. The van der Waals surface area contributed by atoms with Crippen LogP contribution in [0, 0.1) is 19.3 Å². The predicted molar refractivity (Wildman–Crippen MR) is 78.7 cm³/mol. The molecule has 0 atom stereocenters. The van der Waals surface area contributed by atoms with Crippen LogP contribution in [0.2, 0.25) is 0 Å². The van der Waals surface area contributed by atoms with Crippen LogP contribution < -0.4 is 0 Å². The van der Waals surface area contributed by atoms with E-state index in [2.05, 4.69) is 6.92 Å². The van der Waals surface area contributed by atoms with Crippen LogP contribution in [0.3, 0.4) is 0 Å². The van der Waals surface area contributed by atoms with Crippen molar-refractivity contribution in [2.75, 3.05) is 19.7 Å². The third-order valence-corrected chi connectivity index (χ3v) is 5.43. The third kappa shape index (κ3) is 2.84. The molecular weight excluding hydrogens is 258 g/mol. The Bertz CT molecular complexity index is 453. The molecule has 19 heavy (non-hydrogen) atoms. The molecule has 0 unspecified atom stereocenters. The number of rotatable bonds is 3. The first-order chi connectivity index (χ1) is 9.01. The Balaban J connectivity index is 2.06. The van der Waals surface area contributed by atoms with Gasteiger partial charge in [-0.1, -0.05) is 6.92 Å². The average Bonchev–Trinajstić information content (AvgIpc) is 2.77. The van der Waals surface area contributed by atoms with Crippen molar-refractivity contribution in [1.82, 2.24) is 4.90 Å². The predicted octanol–water partition coefficient (Wildman–Crippen LogP) is 2.99. The van der Waals surface area contributed by atoms with Crippen molar-refractivity contribution in [3.05, 3.63) is 21.4 Å². The first-order valence-corrected chi connectivity index (χ1v) is 7.80. The minimum atomic E-state index is 0.0381. The van der Waals surface area contributed by atoms with Crippen LogP contribution in [0.15, 0.2) is 6.07 Å². The second-order valence-corrected chi connectivity index (χ2v) is 7.09. The summed E-state index contributed by atoms with van der Waals surface area (Å²) in [6, 6.07) is 2.00. The van der Waals surface area contributed by atoms with Crippen molar-refractivity contribution in [2.45, 2.75) is 40.0 Å². The van der Waals surface area contributed by atoms with Gasteiger partial charge in [-0.2, -0.15) is 0 Å². The van der Waals surface area contributed by atoms with Gasteiger partial charge in [0.05, 0.1) is 5.56 Å². The van der Waals surface area contributed by atoms with Gasteiger partial charge in [-0.3, -0.25) is 4.79 Å². The number of aliphatic hydroxyl groups is 1. The highest BCUT2D eigenvalue weighted by Crippen LogP contribution is 2.35. The molecule has 0 aliphatic carbocycles. The second-order valence-electron chi connectivity index (χ2n) is 5.63. The molecule has 0 saturated carbocycles. The molecule has 1 fully saturated rings. The van der Waals surface area contributed by atoms with Crippen molar-refractivity contribution in [1.29, 1.82) is 0 Å². The number of aryl methyl sites for hydroxylation is 2. The van der Waals surface area contributed by atoms with Gasteiger partial charge in [0, 0.05) is 29.5 Å². The summed E-state index contributed by atoms with van der Waals surface area (Å²) in [7, 11) is 0. The quantitative estimate of drug-likeness (QED) is 0.925. The topological polar surface area (TPSA) is 40.5 Å². The molecule has 2 rings (SSSR count). The summed E-state index contributed by atoms with van der Waals surface area (Å²) < 4.78 is 0. The maximum Gasteiger partial charge on any atom is 0.254 e. The van der Waals surface area contributed by atoms with E-state index in [0.717, 1.165) is 42.8 Å². The number of carbonyl (C=O) groups excluding carboxylic acids is 1. The Morgan fingerprint density at radius 3 is 2.47 bits per heavy atom. The Hall–Kier alpha value is -0.870. The number of likely N-dealkylation sites (tertiary alicyclic amines) is 1. The normalized spacial score (nSPS) is 18.6. The summed E-state index contributed by atoms with van der Waals surface area (Å²) >= 11 is 1.68. The zero-order valence-electron chi connectivity index (χ0n) is 12.0. The maximum atomic E-state index is 12.5. The molecule has 0 spiro atoms. The number of piperidine rings is 1. The SMILES string of the molecule is CCC1(CO)CCN(C(=O)c2cc(C)sc2C)CC1. The van der Waals surface area contributed by atoms with Crippen molar-refractivity contribution >= 4 is 17.2 Å². The number of nitrogens with zero attached hydrogens (tertiary/aromatic N) is 1. The number of hydrogen-bond acceptors (Lipinski definition) is 3. The molecule has 1 aromatic heterocycles. The first kappa shape index (κ1) is 14.5. The summed E-state index contributed by atoms with van der Waals surface area (Å²) in [6.07, 6.45) is 2.81. The fraction of sp³-hybridized carbons (Fsp3) is 0.667. The molecular formula is C15H23NO2S. The van der Waals surface area contributed by atoms with Crippen molar-refractivity contribution in [3.63, 3.8) is 0 Å². The van der Waals surface area contributed by atoms with E-state index >= 15 is 0 Å². The zero-order chi connectivity index (χ0) is 14.0. The molecule has 1 N–H and O–H groups in total. The van der Waals surface area contributed by atoms with Crippen LogP contribution in [0.5, 0.6) is 0 Å². The van der Waals surface area contributed by atoms with E-state index in [0.29, 0.717) is 0 Å². The standard InChI is InChI=1S/C15H23NO2S/c1-4-15(10-17)5-7-16(8-6-15)14(18)13-9-11(2)19-12(13)3/h9,17H,4-8,10H2,1-3H3. The minimum Gasteiger partial charge on any atom is -0.396 e. The molecule has 1 aromatic rings. The van der Waals surface area contributed by atoms with Crippen molar-refractivity contribution in [2.24, 2.45) is 5.41 Å². The molecule has 1 aliphatic rings. The van der Waals surface area contributed by atoms with Crippen LogP contribution in [0.25, 0.3) is 0 Å². The molecule has 4 heteroatoms. The van der Waals surface area contributed by atoms with E-state index in [4.69, 9.17) is 0 Å². The summed E-state index contributed by atoms with van der Waals surface area (Å²) in [5.74, 6) is 0.157. The Kier molecular flexibility index (Phi) is 4.31. The molecule has 1 saturated heterocycles. The number of thiophene rings is 1. The van der Waals surface area contributed by atoms with Gasteiger partial charge in [0.15, 0.2) is 0 Å². The zero-order valence-corrected chi connectivity index (χ0v) is 12.8. The minimum absolute atomic E-state index is 0.0381. The molecule has 1 aliphatic heterocycles. The van der Waals surface area contributed by atoms with Crippen LogP contribution in [-0.4, -0.2) is 35.6 Å². The Morgan fingerprint density at radius 1 is 1.42 bits per heavy atom. The smallest absolute Gasteiger partial charge is 0.254 e. The summed E-state index contributed by atoms with van der Waals surface area (Å²) in [5.41, 5.74) is 0.895. The van der Waals surface area contributed by atoms with E-state index < -0.39 is 0 Å². The number of aliphatic hydroxyl groups excluding tert-OH is 1. The van der Waals surface area contributed by atoms with Gasteiger partial charge in [-0.15, -0.1) is 11.3 Å². The third-order valence-electron chi connectivity index (χ3n) is 4.47. The van der Waals surface area contributed by atoms with Gasteiger partial charge in [0.2, 0.25) is 0 Å². The van der Waals surface area contributed by atoms with Gasteiger partial charge in [0.1, 0.15) is 0 Å². The fourth-order valence-electron chi connectivity index (χ4n) is 2.82. The molecule has 2 heterocycles. The molecule has 1 amide bonds. The second kappa shape index (κ2) is 5.63. The highest BCUT2D eigenvalue weighted by molar-refractivity contribution is 7.12. The molecule has 0 bridgehead atoms. The van der Waals surface area contributed by atoms with Crippen LogP contribution in [-0.2, 0) is 0 Å². The van der Waals surface area contributed by atoms with E-state index in [9.17, 15) is 9.90 Å². The Labute approximate surface area is 119 Å². The van der Waals surface area contributed by atoms with Crippen LogP contribution >= 0.6 is 11.3 Å². The van der Waals surface area contributed by atoms with Gasteiger partial charge in [-0.25, -0.2) is 0 Å². The van der Waals surface area contributed by atoms with Gasteiger partial charge >= 0.3 is 0 Å². The average molecular weight is 281 g/mol. The van der Waals surface area contributed by atoms with E-state index in [-0.39, 0.29) is 17.9 Å². The molecule has 3 nitrogen and oxygen atoms in total. The fourth-order valence-corrected chi connectivity index (χ4v) is 3.74. The molecule has 0 aromatic carbocycles. The molecule has 106 valence electrons. The van der Waals surface area contributed by atoms with Crippen LogP contribution in [0.1, 0.15) is 46.3 Å². The number of carbonyl (C=O) groups is 1. The highest BCUT2D eigenvalue weighted by Gasteiger charge is 2.34. The molecule has 0 radical (unpaired) electrons. The van der Waals surface area contributed by atoms with Gasteiger partial charge < -0.3 is 10.0 Å².